The molecule has 0 radical (unpaired) electrons. The summed E-state index contributed by atoms with van der Waals surface area (Å²) in [5, 5.41) is 11.5. The lowest BCUT2D eigenvalue weighted by Crippen LogP contribution is -2.55. The molecule has 2 heterocycles. The van der Waals surface area contributed by atoms with E-state index in [2.05, 4.69) is 19.9 Å². The molecule has 30 heavy (non-hydrogen) atoms. The number of allylic oxidation sites excluding steroid dienone is 1. The topological polar surface area (TPSA) is 57.2 Å². The Bertz CT molecular complexity index is 783. The van der Waals surface area contributed by atoms with Crippen LogP contribution < -0.4 is 0 Å². The van der Waals surface area contributed by atoms with E-state index < -0.39 is 17.7 Å². The summed E-state index contributed by atoms with van der Waals surface area (Å²) < 4.78 is 33.3. The van der Waals surface area contributed by atoms with E-state index in [1.165, 1.54) is 5.57 Å². The second-order valence-electron chi connectivity index (χ2n) is 11.4. The van der Waals surface area contributed by atoms with Crippen molar-refractivity contribution >= 4 is 0 Å². The predicted octanol–water partition coefficient (Wildman–Crippen LogP) is 4.04. The molecule has 2 saturated heterocycles. The lowest BCUT2D eigenvalue weighted by Gasteiger charge is -2.59. The molecule has 5 nitrogen and oxygen atoms in total. The molecule has 168 valence electrons. The van der Waals surface area contributed by atoms with Crippen molar-refractivity contribution in [2.75, 3.05) is 26.4 Å². The van der Waals surface area contributed by atoms with E-state index in [-0.39, 0.29) is 22.7 Å². The molecule has 3 saturated carbocycles. The number of hydrogen-bond donors (Lipinski definition) is 1. The van der Waals surface area contributed by atoms with E-state index in [1.54, 1.807) is 0 Å². The fourth-order valence-electron chi connectivity index (χ4n) is 8.69. The third-order valence-corrected chi connectivity index (χ3v) is 10.2. The first-order valence-corrected chi connectivity index (χ1v) is 12.1. The predicted molar refractivity (Wildman–Crippen MR) is 112 cm³/mol. The van der Waals surface area contributed by atoms with Crippen molar-refractivity contribution in [3.05, 3.63) is 11.6 Å². The van der Waals surface area contributed by atoms with Crippen molar-refractivity contribution < 1.29 is 25.4 Å². The smallest absolute Gasteiger partial charge is 0.172 e. The van der Waals surface area contributed by atoms with Crippen LogP contribution in [0.4, 0.5) is 0 Å². The van der Waals surface area contributed by atoms with Gasteiger partial charge in [-0.25, -0.2) is 0 Å². The van der Waals surface area contributed by atoms with Crippen LogP contribution in [0.5, 0.6) is 0 Å². The van der Waals surface area contributed by atoms with E-state index in [9.17, 15) is 5.11 Å². The van der Waals surface area contributed by atoms with Crippen LogP contribution in [0.3, 0.4) is 0 Å². The standard InChI is InChI=1S/C25H38O5/c1-22-8-9-25(29-12-13-30-25)15-16(22)4-5-17-18(22)6-7-23(2)20(14-19(26)21(17)23)24(3)27-10-11-28-24/h4,17-21,26H,5-15H2,1-3H3/t17-,18+,19+,20+,21-,22+,23-/m1/s1/i19D. The molecular formula is C25H38O5. The molecule has 5 fully saturated rings. The molecule has 0 aromatic heterocycles. The number of rotatable bonds is 1. The Morgan fingerprint density at radius 3 is 2.43 bits per heavy atom. The summed E-state index contributed by atoms with van der Waals surface area (Å²) in [6.07, 6.45) is 7.42. The minimum Gasteiger partial charge on any atom is -0.393 e. The SMILES string of the molecule is [2H][C@]1(O)C[C@H](C2(C)OCCO2)[C@@]2(C)CC[C@H]3[C@@H](CC=C4CC5(CC[C@@]43C)OCCO5)[C@@H]21. The summed E-state index contributed by atoms with van der Waals surface area (Å²) in [4.78, 5) is 0. The highest BCUT2D eigenvalue weighted by atomic mass is 16.7. The van der Waals surface area contributed by atoms with Gasteiger partial charge in [-0.3, -0.25) is 0 Å². The van der Waals surface area contributed by atoms with Gasteiger partial charge in [-0.05, 0) is 67.6 Å². The van der Waals surface area contributed by atoms with Gasteiger partial charge in [-0.2, -0.15) is 0 Å². The molecule has 0 unspecified atom stereocenters. The second-order valence-corrected chi connectivity index (χ2v) is 11.4. The average Bonchev–Trinajstić information content (AvgIpc) is 3.41. The van der Waals surface area contributed by atoms with Crippen molar-refractivity contribution in [2.45, 2.75) is 83.4 Å². The highest BCUT2D eigenvalue weighted by Crippen LogP contribution is 2.68. The van der Waals surface area contributed by atoms with Crippen molar-refractivity contribution in [3.63, 3.8) is 0 Å². The van der Waals surface area contributed by atoms with Gasteiger partial charge in [-0.1, -0.05) is 25.5 Å². The van der Waals surface area contributed by atoms with Crippen molar-refractivity contribution in [2.24, 2.45) is 34.5 Å². The lowest BCUT2D eigenvalue weighted by molar-refractivity contribution is -0.217. The molecule has 4 aliphatic carbocycles. The summed E-state index contributed by atoms with van der Waals surface area (Å²) in [5.41, 5.74) is 1.46. The Hall–Kier alpha value is -0.460. The zero-order chi connectivity index (χ0) is 21.7. The summed E-state index contributed by atoms with van der Waals surface area (Å²) in [6.45, 7) is 9.37. The van der Waals surface area contributed by atoms with E-state index in [0.29, 0.717) is 44.7 Å². The molecule has 6 rings (SSSR count). The van der Waals surface area contributed by atoms with Crippen LogP contribution in [0.15, 0.2) is 11.6 Å². The third kappa shape index (κ3) is 2.59. The first kappa shape index (κ1) is 19.0. The Morgan fingerprint density at radius 1 is 1.00 bits per heavy atom. The normalized spacial score (nSPS) is 54.3. The minimum atomic E-state index is -1.43. The maximum absolute atomic E-state index is 11.5. The van der Waals surface area contributed by atoms with E-state index >= 15 is 0 Å². The first-order chi connectivity index (χ1) is 14.6. The fraction of sp³-hybridized carbons (Fsp3) is 0.920. The molecule has 2 aliphatic heterocycles. The van der Waals surface area contributed by atoms with Gasteiger partial charge in [0.25, 0.3) is 0 Å². The average molecular weight is 420 g/mol. The van der Waals surface area contributed by atoms with E-state index in [0.717, 1.165) is 38.5 Å². The van der Waals surface area contributed by atoms with E-state index in [1.807, 2.05) is 6.92 Å². The minimum absolute atomic E-state index is 0.0454. The maximum atomic E-state index is 11.5. The number of ether oxygens (including phenoxy) is 4. The van der Waals surface area contributed by atoms with Crippen LogP contribution >= 0.6 is 0 Å². The highest BCUT2D eigenvalue weighted by Gasteiger charge is 2.66. The molecule has 1 N–H and O–H groups in total. The Kier molecular flexibility index (Phi) is 4.15. The molecule has 0 aromatic rings. The summed E-state index contributed by atoms with van der Waals surface area (Å²) in [6, 6.07) is 0. The van der Waals surface area contributed by atoms with Crippen LogP contribution in [0.25, 0.3) is 0 Å². The molecule has 0 bridgehead atoms. The lowest BCUT2D eigenvalue weighted by atomic mass is 9.46. The zero-order valence-corrected chi connectivity index (χ0v) is 18.7. The molecule has 1 spiro atoms. The van der Waals surface area contributed by atoms with Crippen molar-refractivity contribution in [3.8, 4) is 0 Å². The number of fused-ring (bicyclic) bond motifs is 5. The van der Waals surface area contributed by atoms with Gasteiger partial charge in [0.15, 0.2) is 11.6 Å². The maximum Gasteiger partial charge on any atom is 0.172 e. The van der Waals surface area contributed by atoms with Gasteiger partial charge in [-0.15, -0.1) is 0 Å². The largest absolute Gasteiger partial charge is 0.393 e. The van der Waals surface area contributed by atoms with Gasteiger partial charge in [0.2, 0.25) is 0 Å². The quantitative estimate of drug-likeness (QED) is 0.650. The van der Waals surface area contributed by atoms with Crippen LogP contribution in [0.2, 0.25) is 0 Å². The van der Waals surface area contributed by atoms with Gasteiger partial charge in [0.1, 0.15) is 0 Å². The number of hydrogen-bond acceptors (Lipinski definition) is 5. The second kappa shape index (κ2) is 6.54. The Morgan fingerprint density at radius 2 is 1.70 bits per heavy atom. The summed E-state index contributed by atoms with van der Waals surface area (Å²) in [7, 11) is 0. The molecule has 7 atom stereocenters. The van der Waals surface area contributed by atoms with Crippen LogP contribution in [0.1, 0.15) is 67.1 Å². The Balaban J connectivity index is 1.34. The monoisotopic (exact) mass is 419 g/mol. The van der Waals surface area contributed by atoms with Crippen LogP contribution in [-0.4, -0.2) is 49.2 Å². The zero-order valence-electron chi connectivity index (χ0n) is 19.7. The van der Waals surface area contributed by atoms with Gasteiger partial charge in [0.05, 0.1) is 33.9 Å². The highest BCUT2D eigenvalue weighted by molar-refractivity contribution is 5.27. The summed E-state index contributed by atoms with van der Waals surface area (Å²) >= 11 is 0. The molecule has 0 aromatic carbocycles. The van der Waals surface area contributed by atoms with E-state index in [4.69, 9.17) is 20.3 Å². The third-order valence-electron chi connectivity index (χ3n) is 10.2. The van der Waals surface area contributed by atoms with Gasteiger partial charge in [0, 0.05) is 18.8 Å². The summed E-state index contributed by atoms with van der Waals surface area (Å²) in [5.74, 6) is -0.273. The van der Waals surface area contributed by atoms with Crippen LogP contribution in [0, 0.1) is 34.5 Å². The van der Waals surface area contributed by atoms with Gasteiger partial charge >= 0.3 is 0 Å². The van der Waals surface area contributed by atoms with Crippen molar-refractivity contribution in [1.29, 1.82) is 0 Å². The van der Waals surface area contributed by atoms with Crippen LogP contribution in [-0.2, 0) is 18.9 Å². The van der Waals surface area contributed by atoms with Gasteiger partial charge < -0.3 is 24.1 Å². The fourth-order valence-corrected chi connectivity index (χ4v) is 8.69. The molecular weight excluding hydrogens is 380 g/mol. The van der Waals surface area contributed by atoms with Crippen molar-refractivity contribution in [1.82, 2.24) is 0 Å². The molecule has 0 amide bonds. The number of aliphatic hydroxyl groups is 1. The first-order valence-electron chi connectivity index (χ1n) is 12.6. The molecule has 6 aliphatic rings. The molecule has 5 heteroatoms. The Labute approximate surface area is 181 Å².